The Kier molecular flexibility index (Phi) is 8.09. The minimum Gasteiger partial charge on any atom is -0.488 e. The minimum atomic E-state index is -0.114. The van der Waals surface area contributed by atoms with Gasteiger partial charge in [0.05, 0.1) is 30.2 Å². The zero-order chi connectivity index (χ0) is 27.4. The topological polar surface area (TPSA) is 94.3 Å². The van der Waals surface area contributed by atoms with E-state index in [0.29, 0.717) is 84.9 Å². The maximum absolute atomic E-state index is 13.3. The van der Waals surface area contributed by atoms with Gasteiger partial charge in [0.2, 0.25) is 11.3 Å². The molecule has 9 nitrogen and oxygen atoms in total. The summed E-state index contributed by atoms with van der Waals surface area (Å²) in [5.74, 6) is 1.73. The maximum atomic E-state index is 13.3. The molecule has 2 aromatic carbocycles. The fraction of sp³-hybridized carbons (Fsp3) is 0.367. The van der Waals surface area contributed by atoms with E-state index in [1.165, 1.54) is 0 Å². The summed E-state index contributed by atoms with van der Waals surface area (Å²) in [6.45, 7) is 5.62. The third-order valence-electron chi connectivity index (χ3n) is 6.64. The van der Waals surface area contributed by atoms with Crippen LogP contribution in [-0.2, 0) is 16.0 Å². The molecule has 9 heteroatoms. The van der Waals surface area contributed by atoms with Crippen LogP contribution in [0.4, 0.5) is 0 Å². The number of fused-ring (bicyclic) bond motifs is 2. The van der Waals surface area contributed by atoms with Gasteiger partial charge in [-0.2, -0.15) is 0 Å². The van der Waals surface area contributed by atoms with Crippen LogP contribution in [0.2, 0.25) is 0 Å². The van der Waals surface area contributed by atoms with Gasteiger partial charge in [0.25, 0.3) is 0 Å². The average Bonchev–Trinajstić information content (AvgIpc) is 2.93. The number of pyridine rings is 1. The van der Waals surface area contributed by atoms with Crippen molar-refractivity contribution in [1.82, 2.24) is 14.8 Å². The smallest absolute Gasteiger partial charge is 0.223 e. The highest BCUT2D eigenvalue weighted by atomic mass is 16.5. The molecule has 3 heterocycles. The first-order valence-electron chi connectivity index (χ1n) is 13.1. The Morgan fingerprint density at radius 1 is 1.05 bits per heavy atom. The molecular formula is C30H33N3O6. The van der Waals surface area contributed by atoms with Crippen molar-refractivity contribution in [2.45, 2.75) is 19.8 Å². The molecule has 1 amide bonds. The van der Waals surface area contributed by atoms with Crippen LogP contribution >= 0.6 is 0 Å². The lowest BCUT2D eigenvalue weighted by Crippen LogP contribution is -2.40. The van der Waals surface area contributed by atoms with Crippen LogP contribution < -0.4 is 14.9 Å². The van der Waals surface area contributed by atoms with Gasteiger partial charge in [-0.15, -0.1) is 0 Å². The second kappa shape index (κ2) is 11.8. The average molecular weight is 532 g/mol. The molecule has 0 unspecified atom stereocenters. The molecule has 2 aromatic heterocycles. The number of morpholine rings is 1. The first-order valence-corrected chi connectivity index (χ1v) is 13.1. The standard InChI is InChI=1S/C30H33N3O6/c1-20-16-25-29(35)24-8-7-22(18-26(24)39-30(25)27(17-20)37-15-10-32(2)3)38-23-6-4-21(31-19-23)5-9-28(34)33-11-13-36-14-12-33/h4,6-8,16-19H,5,9-15H2,1-3H3. The van der Waals surface area contributed by atoms with Crippen molar-refractivity contribution >= 4 is 27.8 Å². The number of hydrogen-bond acceptors (Lipinski definition) is 8. The Hall–Kier alpha value is -3.95. The van der Waals surface area contributed by atoms with Gasteiger partial charge in [-0.3, -0.25) is 14.6 Å². The van der Waals surface area contributed by atoms with E-state index in [2.05, 4.69) is 4.98 Å². The van der Waals surface area contributed by atoms with E-state index in [9.17, 15) is 9.59 Å². The lowest BCUT2D eigenvalue weighted by molar-refractivity contribution is -0.135. The van der Waals surface area contributed by atoms with Crippen LogP contribution in [0.25, 0.3) is 21.9 Å². The Labute approximate surface area is 226 Å². The van der Waals surface area contributed by atoms with Crippen LogP contribution in [0.1, 0.15) is 17.7 Å². The number of benzene rings is 2. The highest BCUT2D eigenvalue weighted by molar-refractivity contribution is 5.93. The number of aromatic nitrogens is 1. The van der Waals surface area contributed by atoms with Gasteiger partial charge in [-0.25, -0.2) is 0 Å². The summed E-state index contributed by atoms with van der Waals surface area (Å²) >= 11 is 0. The Bertz CT molecular complexity index is 1520. The Morgan fingerprint density at radius 3 is 2.59 bits per heavy atom. The number of rotatable bonds is 9. The highest BCUT2D eigenvalue weighted by Gasteiger charge is 2.17. The summed E-state index contributed by atoms with van der Waals surface area (Å²) in [6.07, 6.45) is 2.60. The van der Waals surface area contributed by atoms with Crippen molar-refractivity contribution < 1.29 is 23.4 Å². The zero-order valence-electron chi connectivity index (χ0n) is 22.6. The summed E-state index contributed by atoms with van der Waals surface area (Å²) in [6, 6.07) is 12.5. The van der Waals surface area contributed by atoms with Crippen LogP contribution in [0.15, 0.2) is 57.9 Å². The van der Waals surface area contributed by atoms with Gasteiger partial charge < -0.3 is 28.4 Å². The molecule has 204 valence electrons. The van der Waals surface area contributed by atoms with Gasteiger partial charge in [0.15, 0.2) is 11.3 Å². The van der Waals surface area contributed by atoms with E-state index in [4.69, 9.17) is 18.6 Å². The summed E-state index contributed by atoms with van der Waals surface area (Å²) in [5.41, 5.74) is 2.47. The molecule has 1 aliphatic heterocycles. The number of carbonyl (C=O) groups is 1. The van der Waals surface area contributed by atoms with Gasteiger partial charge >= 0.3 is 0 Å². The number of nitrogens with zero attached hydrogens (tertiary/aromatic N) is 3. The molecule has 0 saturated carbocycles. The molecule has 1 saturated heterocycles. The Morgan fingerprint density at radius 2 is 1.85 bits per heavy atom. The zero-order valence-corrected chi connectivity index (χ0v) is 22.6. The van der Waals surface area contributed by atoms with Crippen molar-refractivity contribution in [2.75, 3.05) is 53.6 Å². The van der Waals surface area contributed by atoms with Crippen LogP contribution in [0, 0.1) is 6.92 Å². The van der Waals surface area contributed by atoms with E-state index in [0.717, 1.165) is 17.8 Å². The van der Waals surface area contributed by atoms with E-state index < -0.39 is 0 Å². The first-order chi connectivity index (χ1) is 18.9. The molecule has 1 aliphatic rings. The summed E-state index contributed by atoms with van der Waals surface area (Å²) < 4.78 is 23.5. The fourth-order valence-electron chi connectivity index (χ4n) is 4.51. The summed E-state index contributed by atoms with van der Waals surface area (Å²) in [4.78, 5) is 34.0. The third-order valence-corrected chi connectivity index (χ3v) is 6.64. The predicted octanol–water partition coefficient (Wildman–Crippen LogP) is 4.17. The third kappa shape index (κ3) is 6.38. The van der Waals surface area contributed by atoms with Crippen molar-refractivity contribution in [1.29, 1.82) is 0 Å². The lowest BCUT2D eigenvalue weighted by Gasteiger charge is -2.26. The molecule has 0 spiro atoms. The largest absolute Gasteiger partial charge is 0.488 e. The molecular weight excluding hydrogens is 498 g/mol. The number of amides is 1. The molecule has 0 atom stereocenters. The number of hydrogen-bond donors (Lipinski definition) is 0. The van der Waals surface area contributed by atoms with Gasteiger partial charge in [0, 0.05) is 37.8 Å². The molecule has 0 N–H and O–H groups in total. The van der Waals surface area contributed by atoms with Crippen molar-refractivity contribution in [2.24, 2.45) is 0 Å². The minimum absolute atomic E-state index is 0.114. The Balaban J connectivity index is 1.31. The van der Waals surface area contributed by atoms with Gasteiger partial charge in [-0.1, -0.05) is 0 Å². The SMILES string of the molecule is Cc1cc(OCCN(C)C)c2oc3cc(Oc4ccc(CCC(=O)N5CCOCC5)nc4)ccc3c(=O)c2c1. The van der Waals surface area contributed by atoms with Gasteiger partial charge in [0.1, 0.15) is 23.7 Å². The molecule has 39 heavy (non-hydrogen) atoms. The first kappa shape index (κ1) is 26.6. The summed E-state index contributed by atoms with van der Waals surface area (Å²) in [5, 5.41) is 0.959. The molecule has 0 bridgehead atoms. The quantitative estimate of drug-likeness (QED) is 0.297. The van der Waals surface area contributed by atoms with Crippen LogP contribution in [0.3, 0.4) is 0 Å². The predicted molar refractivity (Wildman–Crippen MR) is 149 cm³/mol. The second-order valence-corrected chi connectivity index (χ2v) is 9.96. The van der Waals surface area contributed by atoms with Crippen molar-refractivity contribution in [3.05, 3.63) is 70.1 Å². The van der Waals surface area contributed by atoms with E-state index in [1.54, 1.807) is 24.4 Å². The monoisotopic (exact) mass is 531 g/mol. The second-order valence-electron chi connectivity index (χ2n) is 9.96. The van der Waals surface area contributed by atoms with E-state index in [1.807, 2.05) is 55.1 Å². The number of likely N-dealkylation sites (N-methyl/N-ethyl adjacent to an activating group) is 1. The van der Waals surface area contributed by atoms with Crippen LogP contribution in [0.5, 0.6) is 17.2 Å². The molecule has 0 aliphatic carbocycles. The molecule has 1 fully saturated rings. The van der Waals surface area contributed by atoms with E-state index >= 15 is 0 Å². The molecule has 4 aromatic rings. The number of ether oxygens (including phenoxy) is 3. The normalized spacial score (nSPS) is 13.8. The molecule has 5 rings (SSSR count). The number of aryl methyl sites for hydroxylation is 2. The molecule has 0 radical (unpaired) electrons. The van der Waals surface area contributed by atoms with E-state index in [-0.39, 0.29) is 11.3 Å². The number of carbonyl (C=O) groups excluding carboxylic acids is 1. The fourth-order valence-corrected chi connectivity index (χ4v) is 4.51. The summed E-state index contributed by atoms with van der Waals surface area (Å²) in [7, 11) is 3.95. The maximum Gasteiger partial charge on any atom is 0.223 e. The van der Waals surface area contributed by atoms with Crippen molar-refractivity contribution in [3.8, 4) is 17.2 Å². The van der Waals surface area contributed by atoms with Crippen molar-refractivity contribution in [3.63, 3.8) is 0 Å². The van der Waals surface area contributed by atoms with Gasteiger partial charge in [-0.05, 0) is 69.4 Å². The van der Waals surface area contributed by atoms with Crippen LogP contribution in [-0.4, -0.2) is 74.2 Å². The highest BCUT2D eigenvalue weighted by Crippen LogP contribution is 2.31. The lowest BCUT2D eigenvalue weighted by atomic mass is 10.1.